The van der Waals surface area contributed by atoms with Crippen LogP contribution in [0.3, 0.4) is 0 Å². The maximum absolute atomic E-state index is 13.5. The van der Waals surface area contributed by atoms with E-state index in [4.69, 9.17) is 22.1 Å². The number of nitrogens with two attached hydrogens (primary N) is 1. The lowest BCUT2D eigenvalue weighted by Gasteiger charge is -2.08. The Labute approximate surface area is 150 Å². The molecule has 0 aromatic heterocycles. The van der Waals surface area contributed by atoms with Crippen molar-refractivity contribution in [3.8, 4) is 5.75 Å². The van der Waals surface area contributed by atoms with Crippen molar-refractivity contribution in [1.82, 2.24) is 0 Å². The second-order valence-electron chi connectivity index (χ2n) is 4.89. The standard InChI is InChI=1S/C17H19ClFN3OS/c1-23-16-7-6-13(10-14(16)18)22-17(20)21-8-9-24-11-12-4-2-3-5-15(12)19/h2-7,10H,8-9,11H2,1H3,(H3,20,21,22). The fraction of sp³-hybridized carbons (Fsp3) is 0.235. The minimum atomic E-state index is -0.175. The van der Waals surface area contributed by atoms with Crippen LogP contribution in [0.2, 0.25) is 5.02 Å². The van der Waals surface area contributed by atoms with Crippen molar-refractivity contribution in [1.29, 1.82) is 0 Å². The van der Waals surface area contributed by atoms with Gasteiger partial charge in [0.05, 0.1) is 18.7 Å². The van der Waals surface area contributed by atoms with Gasteiger partial charge in [-0.2, -0.15) is 11.8 Å². The summed E-state index contributed by atoms with van der Waals surface area (Å²) < 4.78 is 18.6. The molecule has 0 aliphatic carbocycles. The third kappa shape index (κ3) is 5.62. The number of nitrogens with zero attached hydrogens (tertiary/aromatic N) is 1. The van der Waals surface area contributed by atoms with E-state index in [0.717, 1.165) is 11.4 Å². The number of guanidine groups is 1. The van der Waals surface area contributed by atoms with Crippen molar-refractivity contribution in [2.75, 3.05) is 24.7 Å². The molecule has 128 valence electrons. The van der Waals surface area contributed by atoms with Gasteiger partial charge in [0.1, 0.15) is 11.6 Å². The predicted molar refractivity (Wildman–Crippen MR) is 101 cm³/mol. The third-order valence-corrected chi connectivity index (χ3v) is 4.44. The lowest BCUT2D eigenvalue weighted by atomic mass is 10.2. The molecule has 0 bridgehead atoms. The van der Waals surface area contributed by atoms with Gasteiger partial charge in [-0.15, -0.1) is 0 Å². The highest BCUT2D eigenvalue weighted by Gasteiger charge is 2.03. The van der Waals surface area contributed by atoms with Crippen LogP contribution in [0.15, 0.2) is 47.5 Å². The summed E-state index contributed by atoms with van der Waals surface area (Å²) in [6.07, 6.45) is 0. The van der Waals surface area contributed by atoms with Gasteiger partial charge in [0.2, 0.25) is 0 Å². The summed E-state index contributed by atoms with van der Waals surface area (Å²) in [5, 5.41) is 3.47. The van der Waals surface area contributed by atoms with Gasteiger partial charge >= 0.3 is 0 Å². The number of halogens is 2. The van der Waals surface area contributed by atoms with Crippen LogP contribution in [0, 0.1) is 5.82 Å². The number of ether oxygens (including phenoxy) is 1. The van der Waals surface area contributed by atoms with Crippen molar-refractivity contribution in [3.05, 3.63) is 58.9 Å². The molecule has 0 unspecified atom stereocenters. The SMILES string of the molecule is COc1ccc(NC(N)=NCCSCc2ccccc2F)cc1Cl. The Balaban J connectivity index is 1.76. The first kappa shape index (κ1) is 18.4. The smallest absolute Gasteiger partial charge is 0.193 e. The van der Waals surface area contributed by atoms with Crippen molar-refractivity contribution >= 4 is 35.0 Å². The maximum Gasteiger partial charge on any atom is 0.193 e. The summed E-state index contributed by atoms with van der Waals surface area (Å²) in [5.41, 5.74) is 7.28. The molecule has 0 atom stereocenters. The molecule has 2 aromatic rings. The summed E-state index contributed by atoms with van der Waals surface area (Å²) >= 11 is 7.66. The molecule has 2 rings (SSSR count). The van der Waals surface area contributed by atoms with Gasteiger partial charge in [-0.25, -0.2) is 4.39 Å². The summed E-state index contributed by atoms with van der Waals surface area (Å²) in [5.74, 6) is 2.10. The zero-order valence-electron chi connectivity index (χ0n) is 13.3. The first-order valence-electron chi connectivity index (χ1n) is 7.32. The molecule has 4 nitrogen and oxygen atoms in total. The Bertz CT molecular complexity index is 712. The predicted octanol–water partition coefficient (Wildman–Crippen LogP) is 4.15. The quantitative estimate of drug-likeness (QED) is 0.438. The number of thioether (sulfide) groups is 1. The highest BCUT2D eigenvalue weighted by Crippen LogP contribution is 2.27. The summed E-state index contributed by atoms with van der Waals surface area (Å²) in [6, 6.07) is 12.0. The van der Waals surface area contributed by atoms with Crippen LogP contribution >= 0.6 is 23.4 Å². The van der Waals surface area contributed by atoms with Gasteiger partial charge in [-0.1, -0.05) is 29.8 Å². The maximum atomic E-state index is 13.5. The molecule has 0 spiro atoms. The largest absolute Gasteiger partial charge is 0.495 e. The lowest BCUT2D eigenvalue weighted by molar-refractivity contribution is 0.415. The third-order valence-electron chi connectivity index (χ3n) is 3.16. The minimum absolute atomic E-state index is 0.175. The van der Waals surface area contributed by atoms with Crippen LogP contribution in [-0.4, -0.2) is 25.4 Å². The van der Waals surface area contributed by atoms with Gasteiger partial charge in [0.15, 0.2) is 5.96 Å². The molecule has 0 saturated heterocycles. The monoisotopic (exact) mass is 367 g/mol. The van der Waals surface area contributed by atoms with Gasteiger partial charge in [-0.05, 0) is 29.8 Å². The Morgan fingerprint density at radius 2 is 2.12 bits per heavy atom. The molecule has 0 radical (unpaired) electrons. The van der Waals surface area contributed by atoms with Crippen LogP contribution in [0.4, 0.5) is 10.1 Å². The highest BCUT2D eigenvalue weighted by molar-refractivity contribution is 7.98. The van der Waals surface area contributed by atoms with Gasteiger partial charge in [0.25, 0.3) is 0 Å². The number of benzene rings is 2. The molecule has 0 aliphatic heterocycles. The fourth-order valence-corrected chi connectivity index (χ4v) is 3.04. The molecule has 0 amide bonds. The molecule has 24 heavy (non-hydrogen) atoms. The first-order valence-corrected chi connectivity index (χ1v) is 8.85. The second kappa shape index (κ2) is 9.39. The van der Waals surface area contributed by atoms with Gasteiger partial charge in [0, 0.05) is 17.2 Å². The fourth-order valence-electron chi connectivity index (χ4n) is 1.96. The number of hydrogen-bond donors (Lipinski definition) is 2. The van der Waals surface area contributed by atoms with Crippen LogP contribution in [0.5, 0.6) is 5.75 Å². The molecular formula is C17H19ClFN3OS. The van der Waals surface area contributed by atoms with Crippen LogP contribution in [0.1, 0.15) is 5.56 Å². The van der Waals surface area contributed by atoms with E-state index in [1.807, 2.05) is 6.07 Å². The van der Waals surface area contributed by atoms with Crippen molar-refractivity contribution < 1.29 is 9.13 Å². The second-order valence-corrected chi connectivity index (χ2v) is 6.40. The Kier molecular flexibility index (Phi) is 7.21. The molecule has 3 N–H and O–H groups in total. The molecule has 2 aromatic carbocycles. The number of rotatable bonds is 7. The van der Waals surface area contributed by atoms with Gasteiger partial charge in [-0.3, -0.25) is 4.99 Å². The van der Waals surface area contributed by atoms with Crippen LogP contribution in [-0.2, 0) is 5.75 Å². The Morgan fingerprint density at radius 1 is 1.33 bits per heavy atom. The number of aliphatic imine (C=N–C) groups is 1. The topological polar surface area (TPSA) is 59.6 Å². The van der Waals surface area contributed by atoms with E-state index in [0.29, 0.717) is 34.6 Å². The van der Waals surface area contributed by atoms with Gasteiger partial charge < -0.3 is 15.8 Å². The number of nitrogens with one attached hydrogen (secondary N) is 1. The molecule has 7 heteroatoms. The molecule has 0 aliphatic rings. The number of methoxy groups -OCH3 is 1. The summed E-state index contributed by atoms with van der Waals surface area (Å²) in [7, 11) is 1.56. The normalized spacial score (nSPS) is 11.4. The van der Waals surface area contributed by atoms with E-state index in [9.17, 15) is 4.39 Å². The zero-order chi connectivity index (χ0) is 17.4. The zero-order valence-corrected chi connectivity index (χ0v) is 14.8. The molecule has 0 heterocycles. The molecule has 0 saturated carbocycles. The molecule has 0 fully saturated rings. The van der Waals surface area contributed by atoms with E-state index >= 15 is 0 Å². The average Bonchev–Trinajstić information content (AvgIpc) is 2.56. The average molecular weight is 368 g/mol. The summed E-state index contributed by atoms with van der Waals surface area (Å²) in [4.78, 5) is 4.24. The minimum Gasteiger partial charge on any atom is -0.495 e. The van der Waals surface area contributed by atoms with E-state index in [1.54, 1.807) is 49.2 Å². The van der Waals surface area contributed by atoms with Crippen LogP contribution < -0.4 is 15.8 Å². The van der Waals surface area contributed by atoms with E-state index in [2.05, 4.69) is 10.3 Å². The number of anilines is 1. The lowest BCUT2D eigenvalue weighted by Crippen LogP contribution is -2.23. The first-order chi connectivity index (χ1) is 11.6. The van der Waals surface area contributed by atoms with E-state index in [1.165, 1.54) is 6.07 Å². The van der Waals surface area contributed by atoms with Crippen molar-refractivity contribution in [2.24, 2.45) is 10.7 Å². The number of hydrogen-bond acceptors (Lipinski definition) is 3. The van der Waals surface area contributed by atoms with E-state index < -0.39 is 0 Å². The van der Waals surface area contributed by atoms with Crippen molar-refractivity contribution in [3.63, 3.8) is 0 Å². The van der Waals surface area contributed by atoms with E-state index in [-0.39, 0.29) is 5.82 Å². The Hall–Kier alpha value is -1.92. The van der Waals surface area contributed by atoms with Crippen LogP contribution in [0.25, 0.3) is 0 Å². The van der Waals surface area contributed by atoms with Crippen molar-refractivity contribution in [2.45, 2.75) is 5.75 Å². The highest BCUT2D eigenvalue weighted by atomic mass is 35.5. The summed E-state index contributed by atoms with van der Waals surface area (Å²) in [6.45, 7) is 0.543. The Morgan fingerprint density at radius 3 is 2.83 bits per heavy atom. The molecular weight excluding hydrogens is 349 g/mol.